The van der Waals surface area contributed by atoms with E-state index in [4.69, 9.17) is 4.74 Å². The lowest BCUT2D eigenvalue weighted by Gasteiger charge is -2.24. The monoisotopic (exact) mass is 461 g/mol. The molecule has 0 saturated carbocycles. The quantitative estimate of drug-likeness (QED) is 0.275. The molecule has 33 heavy (non-hydrogen) atoms. The molecule has 1 unspecified atom stereocenters. The normalized spacial score (nSPS) is 17.7. The number of aryl methyl sites for hydroxylation is 1. The van der Waals surface area contributed by atoms with Gasteiger partial charge in [-0.15, -0.1) is 11.3 Å². The van der Waals surface area contributed by atoms with E-state index in [9.17, 15) is 14.7 Å². The number of benzene rings is 2. The molecule has 0 radical (unpaired) electrons. The first-order valence-corrected chi connectivity index (χ1v) is 11.9. The fourth-order valence-electron chi connectivity index (χ4n) is 4.20. The van der Waals surface area contributed by atoms with E-state index in [0.717, 1.165) is 22.4 Å². The van der Waals surface area contributed by atoms with E-state index in [0.29, 0.717) is 17.0 Å². The molecule has 1 fully saturated rings. The van der Waals surface area contributed by atoms with Crippen LogP contribution in [0.3, 0.4) is 0 Å². The summed E-state index contributed by atoms with van der Waals surface area (Å²) in [6, 6.07) is 16.0. The predicted molar refractivity (Wildman–Crippen MR) is 132 cm³/mol. The van der Waals surface area contributed by atoms with Gasteiger partial charge in [-0.2, -0.15) is 0 Å². The smallest absolute Gasteiger partial charge is 0.300 e. The third-order valence-electron chi connectivity index (χ3n) is 6.01. The molecule has 3 aromatic rings. The molecule has 0 bridgehead atoms. The first kappa shape index (κ1) is 22.8. The number of thiophene rings is 1. The number of carbonyl (C=O) groups excluding carboxylic acids is 2. The van der Waals surface area contributed by atoms with Gasteiger partial charge in [-0.3, -0.25) is 14.5 Å². The molecule has 0 spiro atoms. The number of anilines is 1. The first-order valence-electron chi connectivity index (χ1n) is 11.0. The highest BCUT2D eigenvalue weighted by molar-refractivity contribution is 7.10. The molecule has 0 aliphatic carbocycles. The van der Waals surface area contributed by atoms with Crippen LogP contribution in [0.15, 0.2) is 65.6 Å². The molecule has 6 heteroatoms. The van der Waals surface area contributed by atoms with Crippen LogP contribution in [0.2, 0.25) is 0 Å². The number of ketones is 1. The van der Waals surface area contributed by atoms with Crippen molar-refractivity contribution >= 4 is 34.5 Å². The van der Waals surface area contributed by atoms with Gasteiger partial charge in [0.05, 0.1) is 12.7 Å². The molecule has 1 aliphatic rings. The third-order valence-corrected chi connectivity index (χ3v) is 6.93. The highest BCUT2D eigenvalue weighted by Crippen LogP contribution is 2.44. The maximum absolute atomic E-state index is 13.2. The van der Waals surface area contributed by atoms with Crippen molar-refractivity contribution in [3.63, 3.8) is 0 Å². The molecule has 2 heterocycles. The molecule has 170 valence electrons. The number of rotatable bonds is 6. The van der Waals surface area contributed by atoms with E-state index in [1.54, 1.807) is 19.2 Å². The highest BCUT2D eigenvalue weighted by Gasteiger charge is 2.47. The second-order valence-electron chi connectivity index (χ2n) is 8.32. The van der Waals surface area contributed by atoms with Crippen LogP contribution in [-0.2, 0) is 16.0 Å². The zero-order valence-corrected chi connectivity index (χ0v) is 20.0. The number of ether oxygens (including phenoxy) is 1. The summed E-state index contributed by atoms with van der Waals surface area (Å²) in [7, 11) is 1.60. The van der Waals surface area contributed by atoms with Crippen molar-refractivity contribution in [3.8, 4) is 5.75 Å². The first-order chi connectivity index (χ1) is 15.9. The van der Waals surface area contributed by atoms with E-state index in [2.05, 4.69) is 6.92 Å². The van der Waals surface area contributed by atoms with Crippen molar-refractivity contribution in [2.24, 2.45) is 0 Å². The Bertz CT molecular complexity index is 1210. The van der Waals surface area contributed by atoms with Crippen molar-refractivity contribution in [1.82, 2.24) is 0 Å². The summed E-state index contributed by atoms with van der Waals surface area (Å²) in [5.74, 6) is -0.638. The fourth-order valence-corrected chi connectivity index (χ4v) is 5.02. The Balaban J connectivity index is 1.89. The van der Waals surface area contributed by atoms with Gasteiger partial charge < -0.3 is 9.84 Å². The molecule has 5 nitrogen and oxygen atoms in total. The van der Waals surface area contributed by atoms with Gasteiger partial charge >= 0.3 is 0 Å². The summed E-state index contributed by atoms with van der Waals surface area (Å²) in [5.41, 5.74) is 3.27. The molecule has 1 aliphatic heterocycles. The van der Waals surface area contributed by atoms with Crippen molar-refractivity contribution < 1.29 is 19.4 Å². The van der Waals surface area contributed by atoms with Gasteiger partial charge in [0.2, 0.25) is 0 Å². The van der Waals surface area contributed by atoms with Crippen LogP contribution in [0.25, 0.3) is 5.76 Å². The zero-order valence-electron chi connectivity index (χ0n) is 19.2. The highest BCUT2D eigenvalue weighted by atomic mass is 32.1. The van der Waals surface area contributed by atoms with Gasteiger partial charge in [0.25, 0.3) is 11.7 Å². The summed E-state index contributed by atoms with van der Waals surface area (Å²) >= 11 is 1.45. The maximum Gasteiger partial charge on any atom is 0.300 e. The van der Waals surface area contributed by atoms with E-state index < -0.39 is 17.7 Å². The van der Waals surface area contributed by atoms with E-state index in [1.807, 2.05) is 61.7 Å². The molecular formula is C27H27NO4S. The average Bonchev–Trinajstić information content (AvgIpc) is 3.45. The SMILES string of the molecule is CCc1ccc(N2C(=O)C(=O)/C(=C(\O)c3ccc(OC)c(C(C)C)c3)C2c2cccs2)cc1. The molecular weight excluding hydrogens is 434 g/mol. The Labute approximate surface area is 197 Å². The Hall–Kier alpha value is -3.38. The summed E-state index contributed by atoms with van der Waals surface area (Å²) < 4.78 is 5.45. The molecule has 4 rings (SSSR count). The lowest BCUT2D eigenvalue weighted by molar-refractivity contribution is -0.132. The minimum absolute atomic E-state index is 0.0990. The number of hydrogen-bond donors (Lipinski definition) is 1. The number of methoxy groups -OCH3 is 1. The lowest BCUT2D eigenvalue weighted by Crippen LogP contribution is -2.29. The topological polar surface area (TPSA) is 66.8 Å². The van der Waals surface area contributed by atoms with Gasteiger partial charge in [0, 0.05) is 16.1 Å². The summed E-state index contributed by atoms with van der Waals surface area (Å²) in [5, 5.41) is 13.2. The zero-order chi connectivity index (χ0) is 23.7. The number of nitrogens with zero attached hydrogens (tertiary/aromatic N) is 1. The van der Waals surface area contributed by atoms with E-state index >= 15 is 0 Å². The Morgan fingerprint density at radius 3 is 2.42 bits per heavy atom. The van der Waals surface area contributed by atoms with Gasteiger partial charge in [0.1, 0.15) is 17.6 Å². The average molecular weight is 462 g/mol. The van der Waals surface area contributed by atoms with Gasteiger partial charge in [-0.1, -0.05) is 39.0 Å². The number of aliphatic hydroxyl groups excluding tert-OH is 1. The van der Waals surface area contributed by atoms with Crippen molar-refractivity contribution in [2.75, 3.05) is 12.0 Å². The van der Waals surface area contributed by atoms with Crippen LogP contribution in [0.1, 0.15) is 54.3 Å². The van der Waals surface area contributed by atoms with Crippen molar-refractivity contribution in [3.05, 3.63) is 87.1 Å². The molecule has 1 aromatic heterocycles. The summed E-state index contributed by atoms with van der Waals surface area (Å²) in [4.78, 5) is 28.8. The minimum atomic E-state index is -0.693. The Morgan fingerprint density at radius 2 is 1.85 bits per heavy atom. The number of aliphatic hydroxyl groups is 1. The minimum Gasteiger partial charge on any atom is -0.507 e. The number of Topliss-reactive ketones (excluding diaryl/α,β-unsaturated/α-hetero) is 1. The Kier molecular flexibility index (Phi) is 6.38. The molecule has 1 saturated heterocycles. The number of hydrogen-bond acceptors (Lipinski definition) is 5. The van der Waals surface area contributed by atoms with Crippen LogP contribution >= 0.6 is 11.3 Å². The standard InChI is InChI=1S/C27H27NO4S/c1-5-17-8-11-19(12-9-17)28-24(22-7-6-14-33-22)23(26(30)27(28)31)25(29)18-10-13-21(32-4)20(15-18)16(2)3/h6-16,24,29H,5H2,1-4H3/b25-23-. The summed E-state index contributed by atoms with van der Waals surface area (Å²) in [6.07, 6.45) is 0.878. The third kappa shape index (κ3) is 4.07. The van der Waals surface area contributed by atoms with Gasteiger partial charge in [-0.25, -0.2) is 0 Å². The Morgan fingerprint density at radius 1 is 1.12 bits per heavy atom. The van der Waals surface area contributed by atoms with Crippen LogP contribution in [0.5, 0.6) is 5.75 Å². The molecule has 1 N–H and O–H groups in total. The second kappa shape index (κ2) is 9.24. The van der Waals surface area contributed by atoms with Gasteiger partial charge in [0.15, 0.2) is 0 Å². The van der Waals surface area contributed by atoms with Gasteiger partial charge in [-0.05, 0) is 65.2 Å². The predicted octanol–water partition coefficient (Wildman–Crippen LogP) is 6.07. The van der Waals surface area contributed by atoms with Crippen LogP contribution < -0.4 is 9.64 Å². The maximum atomic E-state index is 13.2. The van der Waals surface area contributed by atoms with E-state index in [1.165, 1.54) is 16.2 Å². The van der Waals surface area contributed by atoms with E-state index in [-0.39, 0.29) is 17.3 Å². The van der Waals surface area contributed by atoms with Crippen LogP contribution in [0.4, 0.5) is 5.69 Å². The number of carbonyl (C=O) groups is 2. The number of amides is 1. The van der Waals surface area contributed by atoms with Crippen LogP contribution in [-0.4, -0.2) is 23.9 Å². The van der Waals surface area contributed by atoms with Crippen LogP contribution in [0, 0.1) is 0 Å². The summed E-state index contributed by atoms with van der Waals surface area (Å²) in [6.45, 7) is 6.13. The van der Waals surface area contributed by atoms with Crippen molar-refractivity contribution in [2.45, 2.75) is 39.2 Å². The molecule has 1 atom stereocenters. The molecule has 2 aromatic carbocycles. The fraction of sp³-hybridized carbons (Fsp3) is 0.259. The lowest BCUT2D eigenvalue weighted by atomic mass is 9.95. The molecule has 1 amide bonds. The second-order valence-corrected chi connectivity index (χ2v) is 9.30. The van der Waals surface area contributed by atoms with Crippen molar-refractivity contribution in [1.29, 1.82) is 0 Å². The largest absolute Gasteiger partial charge is 0.507 e.